The largest absolute Gasteiger partial charge is 0.508 e. The molecular weight excluding hydrogens is 266 g/mol. The van der Waals surface area contributed by atoms with Gasteiger partial charge in [-0.05, 0) is 18.2 Å². The maximum absolute atomic E-state index is 9.54. The van der Waals surface area contributed by atoms with Gasteiger partial charge in [-0.15, -0.1) is 11.3 Å². The normalized spacial score (nSPS) is 13.3. The second kappa shape index (κ2) is 3.84. The highest BCUT2D eigenvalue weighted by molar-refractivity contribution is 9.09. The van der Waals surface area contributed by atoms with Crippen LogP contribution in [0.15, 0.2) is 18.2 Å². The van der Waals surface area contributed by atoms with Crippen LogP contribution in [0.25, 0.3) is 10.2 Å². The molecule has 0 amide bonds. The van der Waals surface area contributed by atoms with Crippen molar-refractivity contribution in [1.82, 2.24) is 4.98 Å². The van der Waals surface area contributed by atoms with Crippen molar-refractivity contribution in [1.29, 1.82) is 0 Å². The Kier molecular flexibility index (Phi) is 2.71. The lowest BCUT2D eigenvalue weighted by Gasteiger charge is -1.98. The average molecular weight is 274 g/mol. The Balaban J connectivity index is 2.51. The third-order valence-corrected chi connectivity index (χ3v) is 3.55. The maximum atomic E-state index is 9.54. The van der Waals surface area contributed by atoms with Gasteiger partial charge in [-0.1, -0.05) is 15.9 Å². The molecule has 1 atom stereocenters. The molecule has 2 aromatic rings. The number of halogens is 1. The number of fused-ring (bicyclic) bond motifs is 1. The molecule has 1 heterocycles. The van der Waals surface area contributed by atoms with E-state index in [1.807, 2.05) is 0 Å². The molecule has 1 unspecified atom stereocenters. The van der Waals surface area contributed by atoms with Crippen molar-refractivity contribution in [3.8, 4) is 5.75 Å². The Morgan fingerprint density at radius 1 is 1.50 bits per heavy atom. The monoisotopic (exact) mass is 273 g/mol. The zero-order valence-corrected chi connectivity index (χ0v) is 9.55. The van der Waals surface area contributed by atoms with E-state index in [-0.39, 0.29) is 5.75 Å². The molecule has 3 nitrogen and oxygen atoms in total. The van der Waals surface area contributed by atoms with Crippen molar-refractivity contribution in [2.45, 2.75) is 6.10 Å². The Bertz CT molecular complexity index is 457. The van der Waals surface area contributed by atoms with E-state index in [1.165, 1.54) is 11.3 Å². The van der Waals surface area contributed by atoms with Crippen molar-refractivity contribution in [3.05, 3.63) is 23.2 Å². The van der Waals surface area contributed by atoms with Crippen molar-refractivity contribution in [3.63, 3.8) is 0 Å². The summed E-state index contributed by atoms with van der Waals surface area (Å²) in [7, 11) is 0. The standard InChI is InChI=1S/C9H8BrNO2S/c10-4-7(13)9-11-6-2-1-5(12)3-8(6)14-9/h1-3,7,12-13H,4H2. The lowest BCUT2D eigenvalue weighted by molar-refractivity contribution is 0.205. The minimum absolute atomic E-state index is 0.223. The number of phenolic OH excluding ortho intramolecular Hbond substituents is 1. The molecule has 0 fully saturated rings. The van der Waals surface area contributed by atoms with Gasteiger partial charge in [-0.2, -0.15) is 0 Å². The van der Waals surface area contributed by atoms with Gasteiger partial charge in [0.05, 0.1) is 10.2 Å². The summed E-state index contributed by atoms with van der Waals surface area (Å²) in [6.07, 6.45) is -0.574. The molecule has 0 bridgehead atoms. The van der Waals surface area contributed by atoms with Crippen LogP contribution in [0.2, 0.25) is 0 Å². The maximum Gasteiger partial charge on any atom is 0.123 e. The molecule has 0 saturated carbocycles. The summed E-state index contributed by atoms with van der Waals surface area (Å²) in [6.45, 7) is 0. The number of hydrogen-bond donors (Lipinski definition) is 2. The van der Waals surface area contributed by atoms with Crippen LogP contribution < -0.4 is 0 Å². The van der Waals surface area contributed by atoms with Gasteiger partial charge >= 0.3 is 0 Å². The second-order valence-corrected chi connectivity index (χ2v) is 4.58. The fraction of sp³-hybridized carbons (Fsp3) is 0.222. The number of phenols is 1. The van der Waals surface area contributed by atoms with Gasteiger partial charge in [0.25, 0.3) is 0 Å². The number of aliphatic hydroxyl groups excluding tert-OH is 1. The molecule has 0 spiro atoms. The van der Waals surface area contributed by atoms with Gasteiger partial charge in [0.2, 0.25) is 0 Å². The summed E-state index contributed by atoms with van der Waals surface area (Å²) in [5.41, 5.74) is 0.808. The molecule has 0 saturated heterocycles. The first-order valence-electron chi connectivity index (χ1n) is 4.04. The van der Waals surface area contributed by atoms with E-state index in [9.17, 15) is 10.2 Å². The first kappa shape index (κ1) is 9.89. The molecular formula is C9H8BrNO2S. The van der Waals surface area contributed by atoms with E-state index in [4.69, 9.17) is 0 Å². The number of hydrogen-bond acceptors (Lipinski definition) is 4. The van der Waals surface area contributed by atoms with Crippen molar-refractivity contribution < 1.29 is 10.2 Å². The van der Waals surface area contributed by atoms with Crippen LogP contribution in [0.4, 0.5) is 0 Å². The Morgan fingerprint density at radius 2 is 2.29 bits per heavy atom. The fourth-order valence-corrected chi connectivity index (χ4v) is 2.65. The fourth-order valence-electron chi connectivity index (χ4n) is 1.14. The number of aromatic nitrogens is 1. The van der Waals surface area contributed by atoms with Crippen LogP contribution in [-0.2, 0) is 0 Å². The molecule has 0 radical (unpaired) electrons. The number of benzene rings is 1. The van der Waals surface area contributed by atoms with E-state index in [0.29, 0.717) is 10.3 Å². The molecule has 1 aromatic carbocycles. The topological polar surface area (TPSA) is 53.4 Å². The van der Waals surface area contributed by atoms with Crippen LogP contribution in [-0.4, -0.2) is 20.5 Å². The van der Waals surface area contributed by atoms with Crippen LogP contribution in [0.5, 0.6) is 5.75 Å². The smallest absolute Gasteiger partial charge is 0.123 e. The highest BCUT2D eigenvalue weighted by Crippen LogP contribution is 2.29. The van der Waals surface area contributed by atoms with Gasteiger partial charge in [0.1, 0.15) is 16.9 Å². The highest BCUT2D eigenvalue weighted by Gasteiger charge is 2.11. The molecule has 14 heavy (non-hydrogen) atoms. The lowest BCUT2D eigenvalue weighted by atomic mass is 10.3. The third-order valence-electron chi connectivity index (χ3n) is 1.82. The summed E-state index contributed by atoms with van der Waals surface area (Å²) < 4.78 is 0.889. The number of aromatic hydroxyl groups is 1. The van der Waals surface area contributed by atoms with Crippen LogP contribution in [0, 0.1) is 0 Å². The third kappa shape index (κ3) is 1.75. The molecule has 0 aliphatic rings. The van der Waals surface area contributed by atoms with Crippen molar-refractivity contribution >= 4 is 37.5 Å². The van der Waals surface area contributed by atoms with E-state index in [0.717, 1.165) is 10.2 Å². The molecule has 1 aromatic heterocycles. The predicted molar refractivity (Wildman–Crippen MR) is 60.0 cm³/mol. The van der Waals surface area contributed by atoms with E-state index < -0.39 is 6.10 Å². The van der Waals surface area contributed by atoms with Crippen molar-refractivity contribution in [2.75, 3.05) is 5.33 Å². The minimum Gasteiger partial charge on any atom is -0.508 e. The van der Waals surface area contributed by atoms with Crippen LogP contribution in [0.3, 0.4) is 0 Å². The Morgan fingerprint density at radius 3 is 3.00 bits per heavy atom. The summed E-state index contributed by atoms with van der Waals surface area (Å²) in [5.74, 6) is 0.223. The van der Waals surface area contributed by atoms with Gasteiger partial charge in [-0.3, -0.25) is 0 Å². The minimum atomic E-state index is -0.574. The van der Waals surface area contributed by atoms with E-state index >= 15 is 0 Å². The molecule has 2 N–H and O–H groups in total. The number of nitrogens with zero attached hydrogens (tertiary/aromatic N) is 1. The first-order valence-corrected chi connectivity index (χ1v) is 5.98. The number of rotatable bonds is 2. The second-order valence-electron chi connectivity index (χ2n) is 2.87. The summed E-state index contributed by atoms with van der Waals surface area (Å²) >= 11 is 4.58. The first-order chi connectivity index (χ1) is 6.70. The zero-order chi connectivity index (χ0) is 10.1. The van der Waals surface area contributed by atoms with Crippen molar-refractivity contribution in [2.24, 2.45) is 0 Å². The van der Waals surface area contributed by atoms with E-state index in [2.05, 4.69) is 20.9 Å². The van der Waals surface area contributed by atoms with Gasteiger partial charge in [-0.25, -0.2) is 4.98 Å². The summed E-state index contributed by atoms with van der Waals surface area (Å²) in [6, 6.07) is 4.98. The molecule has 5 heteroatoms. The predicted octanol–water partition coefficient (Wildman–Crippen LogP) is 2.43. The lowest BCUT2D eigenvalue weighted by Crippen LogP contribution is -1.96. The van der Waals surface area contributed by atoms with E-state index in [1.54, 1.807) is 18.2 Å². The molecule has 2 rings (SSSR count). The average Bonchev–Trinajstić information content (AvgIpc) is 2.59. The van der Waals surface area contributed by atoms with Gasteiger partial charge in [0, 0.05) is 5.33 Å². The number of alkyl halides is 1. The Hall–Kier alpha value is -0.650. The van der Waals surface area contributed by atoms with Gasteiger partial charge in [0.15, 0.2) is 0 Å². The quantitative estimate of drug-likeness (QED) is 0.827. The van der Waals surface area contributed by atoms with Crippen LogP contribution in [0.1, 0.15) is 11.1 Å². The molecule has 0 aliphatic carbocycles. The zero-order valence-electron chi connectivity index (χ0n) is 7.14. The Labute approximate surface area is 93.2 Å². The summed E-state index contributed by atoms with van der Waals surface area (Å²) in [4.78, 5) is 4.25. The number of thiazole rings is 1. The van der Waals surface area contributed by atoms with Gasteiger partial charge < -0.3 is 10.2 Å². The molecule has 74 valence electrons. The highest BCUT2D eigenvalue weighted by atomic mass is 79.9. The number of aliphatic hydroxyl groups is 1. The summed E-state index contributed by atoms with van der Waals surface area (Å²) in [5, 5.41) is 19.9. The van der Waals surface area contributed by atoms with Crippen LogP contribution >= 0.6 is 27.3 Å². The SMILES string of the molecule is Oc1ccc2nc(C(O)CBr)sc2c1. The molecule has 0 aliphatic heterocycles.